The van der Waals surface area contributed by atoms with Crippen LogP contribution in [0.5, 0.6) is 0 Å². The summed E-state index contributed by atoms with van der Waals surface area (Å²) in [7, 11) is 0. The third kappa shape index (κ3) is 2.54. The number of rotatable bonds is 4. The van der Waals surface area contributed by atoms with Crippen molar-refractivity contribution in [2.75, 3.05) is 13.2 Å². The maximum absolute atomic E-state index is 12.2. The molecule has 1 saturated heterocycles. The first-order chi connectivity index (χ1) is 9.34. The quantitative estimate of drug-likeness (QED) is 0.575. The SMILES string of the molecule is CCOC(=O)C1(C(=O)OCC)C[C@@H]2OC(C)(C)O[C@@H]2C1. The number of fused-ring (bicyclic) bond motifs is 1. The summed E-state index contributed by atoms with van der Waals surface area (Å²) in [5.74, 6) is -1.76. The molecule has 0 aromatic carbocycles. The van der Waals surface area contributed by atoms with Crippen LogP contribution in [0.25, 0.3) is 0 Å². The number of hydrogen-bond acceptors (Lipinski definition) is 6. The molecule has 0 amide bonds. The van der Waals surface area contributed by atoms with Gasteiger partial charge in [-0.15, -0.1) is 0 Å². The first-order valence-electron chi connectivity index (χ1n) is 7.04. The van der Waals surface area contributed by atoms with Crippen molar-refractivity contribution in [3.63, 3.8) is 0 Å². The molecule has 6 nitrogen and oxygen atoms in total. The summed E-state index contributed by atoms with van der Waals surface area (Å²) >= 11 is 0. The summed E-state index contributed by atoms with van der Waals surface area (Å²) in [6, 6.07) is 0. The van der Waals surface area contributed by atoms with Crippen molar-refractivity contribution < 1.29 is 28.5 Å². The fourth-order valence-electron chi connectivity index (χ4n) is 2.98. The van der Waals surface area contributed by atoms with E-state index in [0.717, 1.165) is 0 Å². The van der Waals surface area contributed by atoms with Crippen molar-refractivity contribution in [2.45, 2.75) is 58.5 Å². The van der Waals surface area contributed by atoms with Gasteiger partial charge in [0.25, 0.3) is 0 Å². The van der Waals surface area contributed by atoms with Gasteiger partial charge in [-0.2, -0.15) is 0 Å². The Morgan fingerprint density at radius 1 is 1.00 bits per heavy atom. The molecule has 2 aliphatic rings. The monoisotopic (exact) mass is 286 g/mol. The normalized spacial score (nSPS) is 29.8. The van der Waals surface area contributed by atoms with E-state index in [2.05, 4.69) is 0 Å². The van der Waals surface area contributed by atoms with E-state index >= 15 is 0 Å². The molecule has 1 aliphatic carbocycles. The van der Waals surface area contributed by atoms with Gasteiger partial charge in [-0.05, 0) is 27.7 Å². The van der Waals surface area contributed by atoms with E-state index < -0.39 is 23.1 Å². The summed E-state index contributed by atoms with van der Waals surface area (Å²) < 4.78 is 21.6. The Hall–Kier alpha value is -1.14. The van der Waals surface area contributed by atoms with Gasteiger partial charge < -0.3 is 18.9 Å². The van der Waals surface area contributed by atoms with Gasteiger partial charge in [-0.3, -0.25) is 9.59 Å². The fraction of sp³-hybridized carbons (Fsp3) is 0.857. The average Bonchev–Trinajstić information content (AvgIpc) is 2.80. The van der Waals surface area contributed by atoms with Crippen molar-refractivity contribution in [1.82, 2.24) is 0 Å². The molecule has 6 heteroatoms. The highest BCUT2D eigenvalue weighted by Gasteiger charge is 2.62. The number of ether oxygens (including phenoxy) is 4. The largest absolute Gasteiger partial charge is 0.465 e. The zero-order chi connectivity index (χ0) is 15.0. The van der Waals surface area contributed by atoms with Gasteiger partial charge in [0.2, 0.25) is 0 Å². The van der Waals surface area contributed by atoms with Crippen molar-refractivity contribution in [3.8, 4) is 0 Å². The molecule has 1 heterocycles. The zero-order valence-corrected chi connectivity index (χ0v) is 12.4. The molecule has 0 aromatic heterocycles. The van der Waals surface area contributed by atoms with Crippen LogP contribution in [0.1, 0.15) is 40.5 Å². The molecule has 2 atom stereocenters. The second-order valence-corrected chi connectivity index (χ2v) is 5.64. The second kappa shape index (κ2) is 5.33. The first kappa shape index (κ1) is 15.3. The van der Waals surface area contributed by atoms with E-state index in [-0.39, 0.29) is 38.3 Å². The van der Waals surface area contributed by atoms with Crippen LogP contribution < -0.4 is 0 Å². The lowest BCUT2D eigenvalue weighted by Crippen LogP contribution is -2.42. The van der Waals surface area contributed by atoms with E-state index in [4.69, 9.17) is 18.9 Å². The summed E-state index contributed by atoms with van der Waals surface area (Å²) in [4.78, 5) is 24.5. The Labute approximate surface area is 118 Å². The van der Waals surface area contributed by atoms with Crippen molar-refractivity contribution in [2.24, 2.45) is 5.41 Å². The molecule has 20 heavy (non-hydrogen) atoms. The predicted molar refractivity (Wildman–Crippen MR) is 68.8 cm³/mol. The molecule has 0 unspecified atom stereocenters. The van der Waals surface area contributed by atoms with Crippen molar-refractivity contribution in [1.29, 1.82) is 0 Å². The van der Waals surface area contributed by atoms with Crippen LogP contribution >= 0.6 is 0 Å². The van der Waals surface area contributed by atoms with Crippen LogP contribution in [0.2, 0.25) is 0 Å². The topological polar surface area (TPSA) is 71.1 Å². The fourth-order valence-corrected chi connectivity index (χ4v) is 2.98. The van der Waals surface area contributed by atoms with Gasteiger partial charge in [-0.25, -0.2) is 0 Å². The highest BCUT2D eigenvalue weighted by molar-refractivity contribution is 6.00. The molecule has 1 aliphatic heterocycles. The summed E-state index contributed by atoms with van der Waals surface area (Å²) in [5, 5.41) is 0. The summed E-state index contributed by atoms with van der Waals surface area (Å²) in [5.41, 5.74) is -1.29. The van der Waals surface area contributed by atoms with E-state index in [1.54, 1.807) is 13.8 Å². The first-order valence-corrected chi connectivity index (χ1v) is 7.04. The van der Waals surface area contributed by atoms with E-state index in [0.29, 0.717) is 0 Å². The van der Waals surface area contributed by atoms with Crippen molar-refractivity contribution >= 4 is 11.9 Å². The molecule has 0 spiro atoms. The Balaban J connectivity index is 2.20. The maximum Gasteiger partial charge on any atom is 0.323 e. The Morgan fingerprint density at radius 2 is 1.40 bits per heavy atom. The van der Waals surface area contributed by atoms with Crippen LogP contribution in [0, 0.1) is 5.41 Å². The minimum Gasteiger partial charge on any atom is -0.465 e. The maximum atomic E-state index is 12.2. The molecule has 0 N–H and O–H groups in total. The number of carbonyl (C=O) groups is 2. The van der Waals surface area contributed by atoms with Gasteiger partial charge >= 0.3 is 11.9 Å². The van der Waals surface area contributed by atoms with Gasteiger partial charge in [0.1, 0.15) is 0 Å². The van der Waals surface area contributed by atoms with Crippen LogP contribution in [0.15, 0.2) is 0 Å². The smallest absolute Gasteiger partial charge is 0.323 e. The standard InChI is InChI=1S/C14H22O6/c1-5-17-11(15)14(12(16)18-6-2)7-9-10(8-14)20-13(3,4)19-9/h9-10H,5-8H2,1-4H3/t9-,10+. The molecule has 0 aromatic rings. The second-order valence-electron chi connectivity index (χ2n) is 5.64. The highest BCUT2D eigenvalue weighted by Crippen LogP contribution is 2.48. The van der Waals surface area contributed by atoms with E-state index in [1.165, 1.54) is 0 Å². The third-order valence-corrected chi connectivity index (χ3v) is 3.72. The van der Waals surface area contributed by atoms with Crippen LogP contribution in [0.3, 0.4) is 0 Å². The summed E-state index contributed by atoms with van der Waals surface area (Å²) in [6.07, 6.45) is -0.0602. The van der Waals surface area contributed by atoms with Gasteiger partial charge in [0.15, 0.2) is 11.2 Å². The lowest BCUT2D eigenvalue weighted by atomic mass is 9.86. The molecule has 114 valence electrons. The molecular weight excluding hydrogens is 264 g/mol. The predicted octanol–water partition coefficient (Wildman–Crippen LogP) is 1.41. The Bertz CT molecular complexity index is 366. The summed E-state index contributed by atoms with van der Waals surface area (Å²) in [6.45, 7) is 7.51. The van der Waals surface area contributed by atoms with Gasteiger partial charge in [-0.1, -0.05) is 0 Å². The molecule has 0 bridgehead atoms. The zero-order valence-electron chi connectivity index (χ0n) is 12.4. The van der Waals surface area contributed by atoms with Crippen LogP contribution in [-0.4, -0.2) is 43.1 Å². The minimum absolute atomic E-state index is 0.225. The molecule has 2 fully saturated rings. The van der Waals surface area contributed by atoms with E-state index in [9.17, 15) is 9.59 Å². The lowest BCUT2D eigenvalue weighted by molar-refractivity contribution is -0.185. The molecular formula is C14H22O6. The number of carbonyl (C=O) groups excluding carboxylic acids is 2. The van der Waals surface area contributed by atoms with Crippen LogP contribution in [0.4, 0.5) is 0 Å². The number of esters is 2. The van der Waals surface area contributed by atoms with E-state index in [1.807, 2.05) is 13.8 Å². The Kier molecular flexibility index (Phi) is 4.07. The Morgan fingerprint density at radius 3 is 1.75 bits per heavy atom. The number of hydrogen-bond donors (Lipinski definition) is 0. The van der Waals surface area contributed by atoms with Crippen LogP contribution in [-0.2, 0) is 28.5 Å². The van der Waals surface area contributed by atoms with Gasteiger partial charge in [0.05, 0.1) is 25.4 Å². The van der Waals surface area contributed by atoms with Crippen molar-refractivity contribution in [3.05, 3.63) is 0 Å². The third-order valence-electron chi connectivity index (χ3n) is 3.72. The average molecular weight is 286 g/mol. The highest BCUT2D eigenvalue weighted by atomic mass is 16.8. The molecule has 1 saturated carbocycles. The molecule has 0 radical (unpaired) electrons. The lowest BCUT2D eigenvalue weighted by Gasteiger charge is -2.27. The minimum atomic E-state index is -1.29. The van der Waals surface area contributed by atoms with Gasteiger partial charge in [0, 0.05) is 12.8 Å². The molecule has 2 rings (SSSR count).